The van der Waals surface area contributed by atoms with Crippen LogP contribution in [0.2, 0.25) is 0 Å². The third-order valence-electron chi connectivity index (χ3n) is 5.14. The van der Waals surface area contributed by atoms with Gasteiger partial charge in [0.1, 0.15) is 5.60 Å². The van der Waals surface area contributed by atoms with Crippen LogP contribution in [0.15, 0.2) is 36.8 Å². The van der Waals surface area contributed by atoms with Crippen LogP contribution in [0.4, 0.5) is 10.1 Å². The molecular weight excluding hydrogens is 351 g/mol. The Bertz CT molecular complexity index is 832. The minimum Gasteiger partial charge on any atom is -0.481 e. The molecule has 27 heavy (non-hydrogen) atoms. The van der Waals surface area contributed by atoms with Gasteiger partial charge < -0.3 is 19.3 Å². The van der Waals surface area contributed by atoms with Gasteiger partial charge in [-0.25, -0.2) is 9.37 Å². The molecule has 0 saturated carbocycles. The summed E-state index contributed by atoms with van der Waals surface area (Å²) in [5.74, 6) is 0.0415. The molecule has 4 heterocycles. The highest BCUT2D eigenvalue weighted by molar-refractivity contribution is 5.94. The molecule has 2 saturated heterocycles. The molecule has 142 valence electrons. The molecule has 1 atom stereocenters. The number of anilines is 1. The maximum Gasteiger partial charge on any atom is 0.255 e. The number of pyridine rings is 2. The number of morpholine rings is 1. The highest BCUT2D eigenvalue weighted by Crippen LogP contribution is 2.33. The molecule has 4 rings (SSSR count). The Morgan fingerprint density at radius 1 is 1.26 bits per heavy atom. The van der Waals surface area contributed by atoms with E-state index in [1.807, 2.05) is 4.90 Å². The summed E-state index contributed by atoms with van der Waals surface area (Å²) in [6.07, 6.45) is 5.06. The van der Waals surface area contributed by atoms with Crippen molar-refractivity contribution in [3.63, 3.8) is 0 Å². The van der Waals surface area contributed by atoms with Crippen molar-refractivity contribution in [3.8, 4) is 5.88 Å². The van der Waals surface area contributed by atoms with Crippen molar-refractivity contribution in [1.82, 2.24) is 14.9 Å². The fourth-order valence-electron chi connectivity index (χ4n) is 3.75. The highest BCUT2D eigenvalue weighted by Gasteiger charge is 2.44. The molecule has 0 N–H and O–H groups in total. The number of hydrogen-bond acceptors (Lipinski definition) is 6. The van der Waals surface area contributed by atoms with Crippen molar-refractivity contribution in [2.24, 2.45) is 0 Å². The molecule has 1 unspecified atom stereocenters. The fourth-order valence-corrected chi connectivity index (χ4v) is 3.75. The predicted octanol–water partition coefficient (Wildman–Crippen LogP) is 1.75. The lowest BCUT2D eigenvalue weighted by Crippen LogP contribution is -2.55. The molecule has 0 aromatic carbocycles. The summed E-state index contributed by atoms with van der Waals surface area (Å²) in [5.41, 5.74) is 0.555. The van der Waals surface area contributed by atoms with E-state index in [1.165, 1.54) is 19.5 Å². The van der Waals surface area contributed by atoms with E-state index in [1.54, 1.807) is 29.3 Å². The lowest BCUT2D eigenvalue weighted by atomic mass is 10.00. The zero-order valence-corrected chi connectivity index (χ0v) is 15.1. The van der Waals surface area contributed by atoms with Gasteiger partial charge in [0.25, 0.3) is 5.91 Å². The first-order chi connectivity index (χ1) is 13.1. The lowest BCUT2D eigenvalue weighted by molar-refractivity contribution is -0.0856. The van der Waals surface area contributed by atoms with Crippen LogP contribution in [0.25, 0.3) is 0 Å². The van der Waals surface area contributed by atoms with Crippen LogP contribution in [-0.2, 0) is 4.74 Å². The topological polar surface area (TPSA) is 67.8 Å². The third-order valence-corrected chi connectivity index (χ3v) is 5.14. The summed E-state index contributed by atoms with van der Waals surface area (Å²) >= 11 is 0. The Morgan fingerprint density at radius 2 is 2.15 bits per heavy atom. The summed E-state index contributed by atoms with van der Waals surface area (Å²) in [7, 11) is 1.53. The quantitative estimate of drug-likeness (QED) is 0.818. The number of halogens is 1. The second-order valence-corrected chi connectivity index (χ2v) is 6.85. The number of carbonyl (C=O) groups is 1. The average molecular weight is 372 g/mol. The molecule has 2 aromatic heterocycles. The summed E-state index contributed by atoms with van der Waals surface area (Å²) in [4.78, 5) is 24.5. The molecule has 0 aliphatic carbocycles. The molecule has 2 fully saturated rings. The first-order valence-corrected chi connectivity index (χ1v) is 8.88. The monoisotopic (exact) mass is 372 g/mol. The number of hydrogen-bond donors (Lipinski definition) is 0. The van der Waals surface area contributed by atoms with Gasteiger partial charge >= 0.3 is 0 Å². The molecule has 1 spiro atoms. The van der Waals surface area contributed by atoms with Gasteiger partial charge in [-0.2, -0.15) is 0 Å². The second kappa shape index (κ2) is 7.11. The zero-order chi connectivity index (χ0) is 18.9. The van der Waals surface area contributed by atoms with Crippen molar-refractivity contribution in [2.45, 2.75) is 12.0 Å². The van der Waals surface area contributed by atoms with Crippen LogP contribution in [0.5, 0.6) is 5.88 Å². The van der Waals surface area contributed by atoms with Crippen LogP contribution in [-0.4, -0.2) is 66.3 Å². The van der Waals surface area contributed by atoms with E-state index >= 15 is 0 Å². The van der Waals surface area contributed by atoms with Gasteiger partial charge in [0.05, 0.1) is 37.7 Å². The van der Waals surface area contributed by atoms with E-state index in [0.717, 1.165) is 6.42 Å². The number of aromatic nitrogens is 2. The van der Waals surface area contributed by atoms with Crippen LogP contribution in [0.1, 0.15) is 16.8 Å². The number of ether oxygens (including phenoxy) is 2. The minimum atomic E-state index is -0.483. The van der Waals surface area contributed by atoms with E-state index < -0.39 is 5.60 Å². The largest absolute Gasteiger partial charge is 0.481 e. The van der Waals surface area contributed by atoms with Gasteiger partial charge in [0.15, 0.2) is 5.82 Å². The summed E-state index contributed by atoms with van der Waals surface area (Å²) < 4.78 is 25.2. The Kier molecular flexibility index (Phi) is 4.65. The lowest BCUT2D eigenvalue weighted by Gasteiger charge is -2.40. The van der Waals surface area contributed by atoms with Crippen molar-refractivity contribution < 1.29 is 18.7 Å². The summed E-state index contributed by atoms with van der Waals surface area (Å²) in [6.45, 7) is 2.67. The van der Waals surface area contributed by atoms with E-state index in [2.05, 4.69) is 9.97 Å². The van der Waals surface area contributed by atoms with Crippen molar-refractivity contribution in [2.75, 3.05) is 44.8 Å². The van der Waals surface area contributed by atoms with E-state index in [-0.39, 0.29) is 11.7 Å². The second-order valence-electron chi connectivity index (χ2n) is 6.85. The smallest absolute Gasteiger partial charge is 0.255 e. The van der Waals surface area contributed by atoms with Gasteiger partial charge in [0, 0.05) is 38.1 Å². The molecule has 2 aromatic rings. The van der Waals surface area contributed by atoms with Gasteiger partial charge in [-0.1, -0.05) is 0 Å². The van der Waals surface area contributed by atoms with Crippen LogP contribution in [0, 0.1) is 5.82 Å². The number of rotatable bonds is 3. The average Bonchev–Trinajstić information content (AvgIpc) is 3.10. The standard InChI is InChI=1S/C19H21FN4O3/c1-26-17-3-2-14(10-22-17)18(25)24-8-9-27-19(13-24)5-7-23(12-19)16-4-6-21-11-15(16)20/h2-4,6,10-11H,5,7-9,12-13H2,1H3. The Labute approximate surface area is 156 Å². The number of nitrogens with zero attached hydrogens (tertiary/aromatic N) is 4. The molecule has 0 bridgehead atoms. The molecule has 2 aliphatic rings. The predicted molar refractivity (Wildman–Crippen MR) is 96.4 cm³/mol. The van der Waals surface area contributed by atoms with E-state index in [9.17, 15) is 9.18 Å². The molecular formula is C19H21FN4O3. The van der Waals surface area contributed by atoms with E-state index in [4.69, 9.17) is 9.47 Å². The summed E-state index contributed by atoms with van der Waals surface area (Å²) in [6, 6.07) is 5.06. The maximum absolute atomic E-state index is 14.1. The third kappa shape index (κ3) is 3.44. The number of amides is 1. The van der Waals surface area contributed by atoms with Crippen molar-refractivity contribution >= 4 is 11.6 Å². The van der Waals surface area contributed by atoms with Crippen LogP contribution < -0.4 is 9.64 Å². The van der Waals surface area contributed by atoms with E-state index in [0.29, 0.717) is 49.9 Å². The normalized spacial score (nSPS) is 22.3. The Morgan fingerprint density at radius 3 is 2.89 bits per heavy atom. The number of carbonyl (C=O) groups excluding carboxylic acids is 1. The van der Waals surface area contributed by atoms with Crippen LogP contribution >= 0.6 is 0 Å². The molecule has 0 radical (unpaired) electrons. The van der Waals surface area contributed by atoms with Crippen LogP contribution in [0.3, 0.4) is 0 Å². The van der Waals surface area contributed by atoms with Gasteiger partial charge in [-0.15, -0.1) is 0 Å². The Balaban J connectivity index is 1.48. The maximum atomic E-state index is 14.1. The van der Waals surface area contributed by atoms with Gasteiger partial charge in [0.2, 0.25) is 5.88 Å². The minimum absolute atomic E-state index is 0.0821. The highest BCUT2D eigenvalue weighted by atomic mass is 19.1. The SMILES string of the molecule is COc1ccc(C(=O)N2CCOC3(CCN(c4ccncc4F)C3)C2)cn1. The van der Waals surface area contributed by atoms with Crippen molar-refractivity contribution in [1.29, 1.82) is 0 Å². The first kappa shape index (κ1) is 17.7. The molecule has 2 aliphatic heterocycles. The summed E-state index contributed by atoms with van der Waals surface area (Å²) in [5, 5.41) is 0. The Hall–Kier alpha value is -2.74. The number of methoxy groups -OCH3 is 1. The first-order valence-electron chi connectivity index (χ1n) is 8.88. The molecule has 8 heteroatoms. The van der Waals surface area contributed by atoms with Gasteiger partial charge in [-0.3, -0.25) is 9.78 Å². The fraction of sp³-hybridized carbons (Fsp3) is 0.421. The molecule has 7 nitrogen and oxygen atoms in total. The van der Waals surface area contributed by atoms with Crippen molar-refractivity contribution in [3.05, 3.63) is 48.2 Å². The molecule has 1 amide bonds. The zero-order valence-electron chi connectivity index (χ0n) is 15.1. The van der Waals surface area contributed by atoms with Gasteiger partial charge in [-0.05, 0) is 18.6 Å².